The van der Waals surface area contributed by atoms with Crippen molar-refractivity contribution in [3.05, 3.63) is 209 Å². The first-order valence-corrected chi connectivity index (χ1v) is 19.0. The van der Waals surface area contributed by atoms with E-state index in [0.717, 1.165) is 5.69 Å². The van der Waals surface area contributed by atoms with Crippen LogP contribution in [0, 0.1) is 0 Å². The van der Waals surface area contributed by atoms with Gasteiger partial charge in [0.05, 0.1) is 11.1 Å². The van der Waals surface area contributed by atoms with Crippen molar-refractivity contribution in [3.8, 4) is 22.3 Å². The molecule has 11 rings (SSSR count). The first-order chi connectivity index (χ1) is 25.6. The molecule has 0 bridgehead atoms. The Balaban J connectivity index is 1.23. The predicted octanol–water partition coefficient (Wildman–Crippen LogP) is 13.4. The summed E-state index contributed by atoms with van der Waals surface area (Å²) in [5.74, 6) is 0. The van der Waals surface area contributed by atoms with Crippen LogP contribution in [-0.4, -0.2) is 0 Å². The largest absolute Gasteiger partial charge is 0.310 e. The van der Waals surface area contributed by atoms with Gasteiger partial charge in [0.25, 0.3) is 0 Å². The fourth-order valence-corrected chi connectivity index (χ4v) is 10.9. The third kappa shape index (κ3) is 3.85. The average molecular weight is 682 g/mol. The fraction of sp³-hybridized carbons (Fsp3) is 0.0800. The van der Waals surface area contributed by atoms with E-state index in [-0.39, 0.29) is 5.41 Å². The predicted molar refractivity (Wildman–Crippen MR) is 218 cm³/mol. The molecule has 1 spiro atoms. The number of hydrogen-bond donors (Lipinski definition) is 0. The van der Waals surface area contributed by atoms with Gasteiger partial charge in [0.15, 0.2) is 0 Å². The lowest BCUT2D eigenvalue weighted by Crippen LogP contribution is -2.32. The molecule has 2 aliphatic carbocycles. The van der Waals surface area contributed by atoms with Gasteiger partial charge in [-0.25, -0.2) is 0 Å². The van der Waals surface area contributed by atoms with Crippen LogP contribution < -0.4 is 4.90 Å². The molecule has 2 heteroatoms. The van der Waals surface area contributed by atoms with Crippen LogP contribution in [0.1, 0.15) is 47.2 Å². The van der Waals surface area contributed by atoms with Gasteiger partial charge in [0.1, 0.15) is 0 Å². The molecule has 1 nitrogen and oxygen atoms in total. The van der Waals surface area contributed by atoms with Crippen LogP contribution in [-0.2, 0) is 10.8 Å². The summed E-state index contributed by atoms with van der Waals surface area (Å²) in [7, 11) is 0. The molecule has 1 unspecified atom stereocenters. The zero-order chi connectivity index (χ0) is 34.6. The molecule has 3 aliphatic rings. The Kier molecular flexibility index (Phi) is 6.22. The quantitative estimate of drug-likeness (QED) is 0.183. The van der Waals surface area contributed by atoms with E-state index in [2.05, 4.69) is 195 Å². The summed E-state index contributed by atoms with van der Waals surface area (Å²) in [6.07, 6.45) is 0. The highest BCUT2D eigenvalue weighted by Crippen LogP contribution is 2.65. The molecule has 246 valence electrons. The molecule has 1 heterocycles. The second kappa shape index (κ2) is 10.8. The van der Waals surface area contributed by atoms with Gasteiger partial charge in [0, 0.05) is 32.1 Å². The lowest BCUT2D eigenvalue weighted by molar-refractivity contribution is 0.660. The fourth-order valence-electron chi connectivity index (χ4n) is 9.73. The normalized spacial score (nSPS) is 16.8. The Hall–Kier alpha value is -5.83. The van der Waals surface area contributed by atoms with Gasteiger partial charge in [-0.05, 0) is 103 Å². The smallest absolute Gasteiger partial charge is 0.0742 e. The van der Waals surface area contributed by atoms with E-state index >= 15 is 0 Å². The van der Waals surface area contributed by atoms with Crippen molar-refractivity contribution in [3.63, 3.8) is 0 Å². The van der Waals surface area contributed by atoms with E-state index in [9.17, 15) is 0 Å². The number of benzene rings is 8. The molecule has 8 aromatic rings. The maximum Gasteiger partial charge on any atom is 0.0742 e. The highest BCUT2D eigenvalue weighted by atomic mass is 32.2. The molecule has 8 aromatic carbocycles. The van der Waals surface area contributed by atoms with Crippen molar-refractivity contribution < 1.29 is 0 Å². The SMILES string of the molecule is CC1(C)c2ccccc2-c2ccc(N(c3ccccc3)c3cccc4c3-c3ccccc3C43c4ccccc4Sc4ccc5ccccc5c43)cc21. The summed E-state index contributed by atoms with van der Waals surface area (Å²) in [6, 6.07) is 65.9. The maximum absolute atomic E-state index is 2.50. The Morgan fingerprint density at radius 3 is 1.98 bits per heavy atom. The Morgan fingerprint density at radius 1 is 0.442 bits per heavy atom. The van der Waals surface area contributed by atoms with Gasteiger partial charge in [-0.1, -0.05) is 159 Å². The van der Waals surface area contributed by atoms with Crippen molar-refractivity contribution >= 4 is 39.6 Å². The van der Waals surface area contributed by atoms with Crippen LogP contribution >= 0.6 is 11.8 Å². The number of anilines is 3. The van der Waals surface area contributed by atoms with E-state index in [1.807, 2.05) is 11.8 Å². The van der Waals surface area contributed by atoms with Crippen LogP contribution in [0.5, 0.6) is 0 Å². The summed E-state index contributed by atoms with van der Waals surface area (Å²) < 4.78 is 0. The first kappa shape index (κ1) is 29.9. The minimum Gasteiger partial charge on any atom is -0.310 e. The second-order valence-electron chi connectivity index (χ2n) is 14.8. The molecule has 0 amide bonds. The van der Waals surface area contributed by atoms with E-state index < -0.39 is 5.41 Å². The van der Waals surface area contributed by atoms with Crippen molar-refractivity contribution in [1.29, 1.82) is 0 Å². The number of hydrogen-bond acceptors (Lipinski definition) is 2. The van der Waals surface area contributed by atoms with Crippen LogP contribution in [0.15, 0.2) is 186 Å². The first-order valence-electron chi connectivity index (χ1n) is 18.2. The highest BCUT2D eigenvalue weighted by molar-refractivity contribution is 7.99. The molecule has 0 N–H and O–H groups in total. The molecule has 1 atom stereocenters. The maximum atomic E-state index is 2.50. The minimum atomic E-state index is -0.482. The van der Waals surface area contributed by atoms with Crippen molar-refractivity contribution in [1.82, 2.24) is 0 Å². The van der Waals surface area contributed by atoms with Gasteiger partial charge in [-0.2, -0.15) is 0 Å². The van der Waals surface area contributed by atoms with Gasteiger partial charge >= 0.3 is 0 Å². The molecule has 0 fully saturated rings. The zero-order valence-electron chi connectivity index (χ0n) is 29.1. The van der Waals surface area contributed by atoms with Gasteiger partial charge in [-0.3, -0.25) is 0 Å². The summed E-state index contributed by atoms with van der Waals surface area (Å²) in [4.78, 5) is 5.14. The monoisotopic (exact) mass is 681 g/mol. The molecular weight excluding hydrogens is 647 g/mol. The van der Waals surface area contributed by atoms with Gasteiger partial charge in [-0.15, -0.1) is 0 Å². The molecule has 0 saturated heterocycles. The molecule has 52 heavy (non-hydrogen) atoms. The lowest BCUT2D eigenvalue weighted by Gasteiger charge is -2.40. The summed E-state index contributed by atoms with van der Waals surface area (Å²) in [6.45, 7) is 4.74. The molecular formula is C50H35NS. The zero-order valence-corrected chi connectivity index (χ0v) is 29.9. The third-order valence-electron chi connectivity index (χ3n) is 11.9. The second-order valence-corrected chi connectivity index (χ2v) is 15.9. The van der Waals surface area contributed by atoms with Gasteiger partial charge < -0.3 is 4.90 Å². The molecule has 0 radical (unpaired) electrons. The standard InChI is InChI=1S/C50H35NS/c1-49(2)39-21-10-8-19-36(39)37-29-28-34(31-43(37)49)51(33-16-4-3-5-17-33)44-25-14-24-42-47(44)38-20-9-11-22-40(38)50(42)41-23-12-13-26-45(41)52-46-30-27-32-15-6-7-18-35(32)48(46)50/h3-31H,1-2H3. The van der Waals surface area contributed by atoms with Crippen LogP contribution in [0.4, 0.5) is 17.1 Å². The average Bonchev–Trinajstić information content (AvgIpc) is 3.61. The Morgan fingerprint density at radius 2 is 1.12 bits per heavy atom. The van der Waals surface area contributed by atoms with E-state index in [1.54, 1.807) is 0 Å². The van der Waals surface area contributed by atoms with Crippen LogP contribution in [0.2, 0.25) is 0 Å². The minimum absolute atomic E-state index is 0.103. The van der Waals surface area contributed by atoms with Crippen molar-refractivity contribution in [2.45, 2.75) is 34.5 Å². The van der Waals surface area contributed by atoms with Crippen molar-refractivity contribution in [2.24, 2.45) is 0 Å². The number of para-hydroxylation sites is 1. The molecule has 0 aromatic heterocycles. The molecule has 0 saturated carbocycles. The number of nitrogens with zero attached hydrogens (tertiary/aromatic N) is 1. The Labute approximate surface area is 309 Å². The summed E-state index contributed by atoms with van der Waals surface area (Å²) >= 11 is 1.91. The summed E-state index contributed by atoms with van der Waals surface area (Å²) in [5, 5.41) is 2.59. The highest BCUT2D eigenvalue weighted by Gasteiger charge is 2.52. The van der Waals surface area contributed by atoms with E-state index in [4.69, 9.17) is 0 Å². The Bertz CT molecular complexity index is 2760. The van der Waals surface area contributed by atoms with Crippen LogP contribution in [0.25, 0.3) is 33.0 Å². The molecule has 1 aliphatic heterocycles. The van der Waals surface area contributed by atoms with Crippen molar-refractivity contribution in [2.75, 3.05) is 4.90 Å². The topological polar surface area (TPSA) is 3.24 Å². The van der Waals surface area contributed by atoms with Gasteiger partial charge in [0.2, 0.25) is 0 Å². The third-order valence-corrected chi connectivity index (χ3v) is 13.0. The number of rotatable bonds is 3. The van der Waals surface area contributed by atoms with E-state index in [0.29, 0.717) is 0 Å². The van der Waals surface area contributed by atoms with Crippen LogP contribution in [0.3, 0.4) is 0 Å². The lowest BCUT2D eigenvalue weighted by atomic mass is 9.66. The van der Waals surface area contributed by atoms with E-state index in [1.165, 1.54) is 87.6 Å². The number of fused-ring (bicyclic) bond motifs is 14. The summed E-state index contributed by atoms with van der Waals surface area (Å²) in [5.41, 5.74) is 16.4.